The van der Waals surface area contributed by atoms with Gasteiger partial charge in [-0.1, -0.05) is 67.6 Å². The first kappa shape index (κ1) is 14.3. The average molecular weight is 282 g/mol. The van der Waals surface area contributed by atoms with Crippen LogP contribution in [0, 0.1) is 5.92 Å². The van der Waals surface area contributed by atoms with E-state index in [-0.39, 0.29) is 12.0 Å². The lowest BCUT2D eigenvalue weighted by molar-refractivity contribution is -0.955. The Morgan fingerprint density at radius 2 is 1.43 bits per heavy atom. The van der Waals surface area contributed by atoms with Gasteiger partial charge >= 0.3 is 0 Å². The summed E-state index contributed by atoms with van der Waals surface area (Å²) in [6, 6.07) is 21.9. The summed E-state index contributed by atoms with van der Waals surface area (Å²) in [5, 5.41) is 10.5. The highest BCUT2D eigenvalue weighted by molar-refractivity contribution is 5.21. The van der Waals surface area contributed by atoms with Crippen molar-refractivity contribution in [3.63, 3.8) is 0 Å². The monoisotopic (exact) mass is 282 g/mol. The van der Waals surface area contributed by atoms with Crippen LogP contribution in [0.25, 0.3) is 0 Å². The van der Waals surface area contributed by atoms with Crippen LogP contribution in [0.2, 0.25) is 0 Å². The highest BCUT2D eigenvalue weighted by Crippen LogP contribution is 2.32. The first-order valence-electron chi connectivity index (χ1n) is 7.79. The fourth-order valence-electron chi connectivity index (χ4n) is 3.81. The van der Waals surface area contributed by atoms with Crippen molar-refractivity contribution >= 4 is 0 Å². The quantitative estimate of drug-likeness (QED) is 0.868. The molecular weight excluding hydrogens is 258 g/mol. The van der Waals surface area contributed by atoms with E-state index in [1.165, 1.54) is 16.0 Å². The second kappa shape index (κ2) is 6.00. The third-order valence-corrected chi connectivity index (χ3v) is 5.01. The molecule has 1 aliphatic heterocycles. The van der Waals surface area contributed by atoms with Crippen LogP contribution in [-0.2, 0) is 0 Å². The van der Waals surface area contributed by atoms with Gasteiger partial charge in [0.25, 0.3) is 0 Å². The number of quaternary nitrogens is 1. The summed E-state index contributed by atoms with van der Waals surface area (Å²) in [5.41, 5.74) is 2.64. The fraction of sp³-hybridized carbons (Fsp3) is 0.368. The van der Waals surface area contributed by atoms with Crippen LogP contribution >= 0.6 is 0 Å². The first-order valence-corrected chi connectivity index (χ1v) is 7.79. The first-order chi connectivity index (χ1) is 10.2. The highest BCUT2D eigenvalue weighted by atomic mass is 16.3. The lowest BCUT2D eigenvalue weighted by atomic mass is 9.79. The predicted molar refractivity (Wildman–Crippen MR) is 85.0 cm³/mol. The van der Waals surface area contributed by atoms with Crippen LogP contribution in [0.15, 0.2) is 60.7 Å². The van der Waals surface area contributed by atoms with Crippen LogP contribution in [0.5, 0.6) is 0 Å². The number of benzene rings is 2. The van der Waals surface area contributed by atoms with Crippen molar-refractivity contribution in [3.8, 4) is 0 Å². The maximum absolute atomic E-state index is 10.5. The molecule has 110 valence electrons. The highest BCUT2D eigenvalue weighted by Gasteiger charge is 2.43. The van der Waals surface area contributed by atoms with Crippen molar-refractivity contribution in [1.29, 1.82) is 0 Å². The minimum absolute atomic E-state index is 0.246. The van der Waals surface area contributed by atoms with Gasteiger partial charge in [-0.15, -0.1) is 0 Å². The van der Waals surface area contributed by atoms with Gasteiger partial charge in [0.1, 0.15) is 12.1 Å². The van der Waals surface area contributed by atoms with Crippen LogP contribution in [-0.4, -0.2) is 18.3 Å². The van der Waals surface area contributed by atoms with Crippen LogP contribution in [0.1, 0.15) is 36.6 Å². The molecular formula is C19H24NO+. The number of likely N-dealkylation sites (tertiary alicyclic amines) is 1. The molecule has 2 N–H and O–H groups in total. The van der Waals surface area contributed by atoms with Crippen molar-refractivity contribution < 1.29 is 10.0 Å². The van der Waals surface area contributed by atoms with Crippen molar-refractivity contribution in [2.45, 2.75) is 31.5 Å². The molecule has 2 aromatic carbocycles. The van der Waals surface area contributed by atoms with Gasteiger partial charge in [-0.25, -0.2) is 0 Å². The van der Waals surface area contributed by atoms with Gasteiger partial charge in [-0.2, -0.15) is 0 Å². The van der Waals surface area contributed by atoms with Gasteiger partial charge in [-0.3, -0.25) is 0 Å². The lowest BCUT2D eigenvalue weighted by Crippen LogP contribution is -3.11. The fourth-order valence-corrected chi connectivity index (χ4v) is 3.81. The molecule has 0 aromatic heterocycles. The zero-order valence-corrected chi connectivity index (χ0v) is 12.7. The van der Waals surface area contributed by atoms with Crippen molar-refractivity contribution in [1.82, 2.24) is 0 Å². The van der Waals surface area contributed by atoms with E-state index in [1.54, 1.807) is 0 Å². The number of piperidine rings is 1. The van der Waals surface area contributed by atoms with Crippen LogP contribution in [0.4, 0.5) is 0 Å². The molecule has 0 bridgehead atoms. The number of nitrogens with one attached hydrogen (secondary N) is 1. The summed E-state index contributed by atoms with van der Waals surface area (Å²) in [6.07, 6.45) is 0.587. The SMILES string of the molecule is C[C@@H]1[C@@H](c2ccccc2)[NH+](C)[C@@H](c2ccccc2)C[C@@H]1O. The summed E-state index contributed by atoms with van der Waals surface area (Å²) in [5.74, 6) is 0.271. The minimum atomic E-state index is -0.246. The number of aliphatic hydroxyl groups is 1. The Morgan fingerprint density at radius 1 is 0.905 bits per heavy atom. The Kier molecular flexibility index (Phi) is 4.09. The average Bonchev–Trinajstić information content (AvgIpc) is 2.53. The zero-order valence-electron chi connectivity index (χ0n) is 12.7. The number of hydrogen-bond donors (Lipinski definition) is 2. The van der Waals surface area contributed by atoms with E-state index in [9.17, 15) is 5.11 Å². The van der Waals surface area contributed by atoms with Gasteiger partial charge in [0, 0.05) is 23.5 Å². The molecule has 0 saturated carbocycles. The summed E-state index contributed by atoms with van der Waals surface area (Å²) in [7, 11) is 2.26. The van der Waals surface area contributed by atoms with E-state index in [0.29, 0.717) is 12.1 Å². The Hall–Kier alpha value is -1.64. The molecule has 1 heterocycles. The molecule has 2 aromatic rings. The molecule has 5 atom stereocenters. The van der Waals surface area contributed by atoms with Gasteiger partial charge in [0.05, 0.1) is 13.2 Å². The topological polar surface area (TPSA) is 24.7 Å². The summed E-state index contributed by atoms with van der Waals surface area (Å²) in [4.78, 5) is 1.48. The smallest absolute Gasteiger partial charge is 0.118 e. The summed E-state index contributed by atoms with van der Waals surface area (Å²) >= 11 is 0. The molecule has 1 saturated heterocycles. The molecule has 0 spiro atoms. The summed E-state index contributed by atoms with van der Waals surface area (Å²) < 4.78 is 0. The van der Waals surface area contributed by atoms with Gasteiger partial charge < -0.3 is 10.0 Å². The third kappa shape index (κ3) is 2.74. The normalized spacial score (nSPS) is 32.8. The van der Waals surface area contributed by atoms with E-state index < -0.39 is 0 Å². The third-order valence-electron chi connectivity index (χ3n) is 5.01. The maximum atomic E-state index is 10.5. The van der Waals surface area contributed by atoms with Crippen molar-refractivity contribution in [3.05, 3.63) is 71.8 Å². The molecule has 2 heteroatoms. The Balaban J connectivity index is 1.96. The van der Waals surface area contributed by atoms with Gasteiger partial charge in [-0.05, 0) is 0 Å². The lowest BCUT2D eigenvalue weighted by Gasteiger charge is -2.43. The molecule has 0 radical (unpaired) electrons. The number of aliphatic hydroxyl groups excluding tert-OH is 1. The molecule has 21 heavy (non-hydrogen) atoms. The van der Waals surface area contributed by atoms with E-state index >= 15 is 0 Å². The molecule has 1 aliphatic rings. The Labute approximate surface area is 127 Å². The standard InChI is InChI=1S/C19H23NO/c1-14-18(21)13-17(15-9-5-3-6-10-15)20(2)19(14)16-11-7-4-8-12-16/h3-12,14,17-19,21H,13H2,1-2H3/p+1/t14-,17+,18-,19-/m0/s1. The minimum Gasteiger partial charge on any atom is -0.392 e. The largest absolute Gasteiger partial charge is 0.392 e. The molecule has 1 unspecified atom stereocenters. The van der Waals surface area contributed by atoms with E-state index in [2.05, 4.69) is 74.6 Å². The van der Waals surface area contributed by atoms with E-state index in [1.807, 2.05) is 0 Å². The molecule has 1 fully saturated rings. The van der Waals surface area contributed by atoms with Crippen LogP contribution < -0.4 is 4.90 Å². The predicted octanol–water partition coefficient (Wildman–Crippen LogP) is 2.38. The second-order valence-electron chi connectivity index (χ2n) is 6.26. The van der Waals surface area contributed by atoms with Crippen molar-refractivity contribution in [2.75, 3.05) is 7.05 Å². The van der Waals surface area contributed by atoms with E-state index in [0.717, 1.165) is 6.42 Å². The van der Waals surface area contributed by atoms with Gasteiger partial charge in [0.15, 0.2) is 0 Å². The Morgan fingerprint density at radius 3 is 2.00 bits per heavy atom. The zero-order chi connectivity index (χ0) is 14.8. The Bertz CT molecular complexity index is 569. The summed E-state index contributed by atoms with van der Waals surface area (Å²) in [6.45, 7) is 2.17. The van der Waals surface area contributed by atoms with Crippen molar-refractivity contribution in [2.24, 2.45) is 5.92 Å². The van der Waals surface area contributed by atoms with E-state index in [4.69, 9.17) is 0 Å². The maximum Gasteiger partial charge on any atom is 0.118 e. The molecule has 2 nitrogen and oxygen atoms in total. The second-order valence-corrected chi connectivity index (χ2v) is 6.26. The van der Waals surface area contributed by atoms with Gasteiger partial charge in [0.2, 0.25) is 0 Å². The molecule has 3 rings (SSSR count). The molecule has 0 amide bonds. The molecule has 0 aliphatic carbocycles. The number of rotatable bonds is 2. The number of hydrogen-bond acceptors (Lipinski definition) is 1. The van der Waals surface area contributed by atoms with Crippen LogP contribution in [0.3, 0.4) is 0 Å².